The molecule has 4 aromatic rings. The molecule has 2 N–H and O–H groups in total. The molecule has 2 atom stereocenters. The maximum Gasteiger partial charge on any atom is 0.387 e. The third-order valence-electron chi connectivity index (χ3n) is 7.58. The van der Waals surface area contributed by atoms with Crippen molar-refractivity contribution < 1.29 is 23.0 Å². The van der Waals surface area contributed by atoms with Gasteiger partial charge in [0.15, 0.2) is 5.65 Å². The molecule has 188 valence electrons. The third kappa shape index (κ3) is 3.20. The Morgan fingerprint density at radius 2 is 2.03 bits per heavy atom. The molecule has 5 heterocycles. The number of nitrogens with zero attached hydrogens (tertiary/aromatic N) is 5. The van der Waals surface area contributed by atoms with Gasteiger partial charge in [0.2, 0.25) is 0 Å². The van der Waals surface area contributed by atoms with Crippen LogP contribution in [0.2, 0.25) is 0 Å². The Hall–Kier alpha value is -3.96. The number of fused-ring (bicyclic) bond motifs is 9. The standard InChI is InChI=1S/C26H22F2N6O3/c1-33-17-9-15(21-14(24(33)35)3-2-4-18(21)37-25(27)28)23-22(17)31-20-8-6-16(32-34(20)23)13-5-7-19(30-10-13)26(29)11-36-12-26/h2-8,10,15,17,25H,9,11-12,29H2,1H3. The summed E-state index contributed by atoms with van der Waals surface area (Å²) >= 11 is 0. The van der Waals surface area contributed by atoms with Crippen molar-refractivity contribution in [3.63, 3.8) is 0 Å². The monoisotopic (exact) mass is 504 g/mol. The van der Waals surface area contributed by atoms with Gasteiger partial charge in [0.05, 0.1) is 42.0 Å². The molecule has 1 saturated heterocycles. The molecule has 3 aliphatic rings. The van der Waals surface area contributed by atoms with Gasteiger partial charge in [-0.05, 0) is 42.8 Å². The van der Waals surface area contributed by atoms with Crippen LogP contribution >= 0.6 is 0 Å². The number of halogens is 2. The van der Waals surface area contributed by atoms with Crippen LogP contribution < -0.4 is 10.5 Å². The molecule has 2 unspecified atom stereocenters. The van der Waals surface area contributed by atoms with Crippen LogP contribution in [0.4, 0.5) is 8.78 Å². The van der Waals surface area contributed by atoms with Crippen LogP contribution in [0.1, 0.15) is 51.4 Å². The third-order valence-corrected chi connectivity index (χ3v) is 7.58. The number of nitrogens with two attached hydrogens (primary N) is 1. The minimum Gasteiger partial charge on any atom is -0.434 e. The zero-order chi connectivity index (χ0) is 25.5. The van der Waals surface area contributed by atoms with E-state index in [-0.39, 0.29) is 17.7 Å². The van der Waals surface area contributed by atoms with Crippen molar-refractivity contribution in [1.29, 1.82) is 0 Å². The van der Waals surface area contributed by atoms with Crippen molar-refractivity contribution >= 4 is 11.6 Å². The van der Waals surface area contributed by atoms with E-state index in [0.29, 0.717) is 47.8 Å². The molecule has 3 aromatic heterocycles. The molecule has 7 rings (SSSR count). The SMILES string of the molecule is CN1C(=O)c2cccc(OC(F)F)c2C2CC1c1nc3ccc(-c4ccc(C5(N)COC5)nc4)nn3c12. The zero-order valence-electron chi connectivity index (χ0n) is 19.8. The molecular weight excluding hydrogens is 482 g/mol. The van der Waals surface area contributed by atoms with E-state index in [1.54, 1.807) is 34.8 Å². The molecule has 0 radical (unpaired) electrons. The lowest BCUT2D eigenvalue weighted by atomic mass is 9.91. The van der Waals surface area contributed by atoms with Gasteiger partial charge in [0.1, 0.15) is 11.3 Å². The number of pyridine rings is 1. The van der Waals surface area contributed by atoms with E-state index in [1.807, 2.05) is 24.3 Å². The topological polar surface area (TPSA) is 108 Å². The molecule has 1 aromatic carbocycles. The van der Waals surface area contributed by atoms with E-state index < -0.39 is 18.1 Å². The average Bonchev–Trinajstić information content (AvgIpc) is 3.40. The fourth-order valence-electron chi connectivity index (χ4n) is 5.67. The number of aromatic nitrogens is 4. The molecule has 1 amide bonds. The summed E-state index contributed by atoms with van der Waals surface area (Å²) in [5.41, 5.74) is 10.8. The quantitative estimate of drug-likeness (QED) is 0.455. The van der Waals surface area contributed by atoms with Gasteiger partial charge < -0.3 is 20.1 Å². The number of carbonyl (C=O) groups excluding carboxylic acids is 1. The second-order valence-corrected chi connectivity index (χ2v) is 9.77. The highest BCUT2D eigenvalue weighted by molar-refractivity contribution is 5.98. The molecule has 9 nitrogen and oxygen atoms in total. The molecule has 1 aliphatic carbocycles. The summed E-state index contributed by atoms with van der Waals surface area (Å²) in [7, 11) is 1.71. The van der Waals surface area contributed by atoms with Crippen molar-refractivity contribution in [3.05, 3.63) is 76.9 Å². The molecule has 11 heteroatoms. The number of hydrogen-bond donors (Lipinski definition) is 1. The fraction of sp³-hybridized carbons (Fsp3) is 0.308. The molecular formula is C26H22F2N6O3. The molecule has 1 fully saturated rings. The minimum absolute atomic E-state index is 0.00525. The van der Waals surface area contributed by atoms with E-state index in [9.17, 15) is 13.6 Å². The van der Waals surface area contributed by atoms with E-state index in [2.05, 4.69) is 4.98 Å². The first-order valence-electron chi connectivity index (χ1n) is 11.9. The second-order valence-electron chi connectivity index (χ2n) is 9.77. The number of amides is 1. The number of alkyl halides is 2. The zero-order valence-corrected chi connectivity index (χ0v) is 19.8. The highest BCUT2D eigenvalue weighted by Gasteiger charge is 2.46. The Morgan fingerprint density at radius 3 is 2.73 bits per heavy atom. The summed E-state index contributed by atoms with van der Waals surface area (Å²) in [5.74, 6) is -0.651. The summed E-state index contributed by atoms with van der Waals surface area (Å²) in [6.07, 6.45) is 2.23. The van der Waals surface area contributed by atoms with Gasteiger partial charge in [-0.25, -0.2) is 9.50 Å². The Morgan fingerprint density at radius 1 is 1.19 bits per heavy atom. The van der Waals surface area contributed by atoms with Crippen LogP contribution in [0.25, 0.3) is 16.9 Å². The lowest BCUT2D eigenvalue weighted by Crippen LogP contribution is -2.54. The smallest absolute Gasteiger partial charge is 0.387 e. The number of carbonyl (C=O) groups is 1. The van der Waals surface area contributed by atoms with E-state index >= 15 is 0 Å². The van der Waals surface area contributed by atoms with Crippen molar-refractivity contribution in [3.8, 4) is 17.0 Å². The van der Waals surface area contributed by atoms with Crippen molar-refractivity contribution in [1.82, 2.24) is 24.5 Å². The molecule has 2 bridgehead atoms. The Kier molecular flexibility index (Phi) is 4.67. The van der Waals surface area contributed by atoms with Gasteiger partial charge in [-0.3, -0.25) is 9.78 Å². The Bertz CT molecular complexity index is 1570. The van der Waals surface area contributed by atoms with Crippen molar-refractivity contribution in [2.24, 2.45) is 5.73 Å². The van der Waals surface area contributed by atoms with E-state index in [0.717, 1.165) is 17.0 Å². The minimum atomic E-state index is -3.01. The molecule has 2 aliphatic heterocycles. The van der Waals surface area contributed by atoms with Crippen molar-refractivity contribution in [2.45, 2.75) is 30.5 Å². The maximum atomic E-state index is 13.3. The molecule has 0 saturated carbocycles. The predicted molar refractivity (Wildman–Crippen MR) is 127 cm³/mol. The van der Waals surface area contributed by atoms with Gasteiger partial charge in [-0.1, -0.05) is 6.07 Å². The Balaban J connectivity index is 1.37. The average molecular weight is 504 g/mol. The van der Waals surface area contributed by atoms with Gasteiger partial charge in [-0.2, -0.15) is 13.9 Å². The van der Waals surface area contributed by atoms with Gasteiger partial charge in [0, 0.05) is 35.9 Å². The van der Waals surface area contributed by atoms with Crippen LogP contribution in [0, 0.1) is 0 Å². The highest BCUT2D eigenvalue weighted by atomic mass is 19.3. The summed E-state index contributed by atoms with van der Waals surface area (Å²) in [4.78, 5) is 24.2. The van der Waals surface area contributed by atoms with Crippen LogP contribution in [-0.2, 0) is 10.3 Å². The van der Waals surface area contributed by atoms with Crippen LogP contribution in [0.15, 0.2) is 48.7 Å². The summed E-state index contributed by atoms with van der Waals surface area (Å²) in [5, 5.41) is 4.87. The molecule has 0 spiro atoms. The lowest BCUT2D eigenvalue weighted by molar-refractivity contribution is -0.0590. The normalized spacial score (nSPS) is 21.5. The van der Waals surface area contributed by atoms with Crippen molar-refractivity contribution in [2.75, 3.05) is 20.3 Å². The van der Waals surface area contributed by atoms with Crippen LogP contribution in [0.3, 0.4) is 0 Å². The van der Waals surface area contributed by atoms with Gasteiger partial charge in [-0.15, -0.1) is 0 Å². The van der Waals surface area contributed by atoms with Crippen LogP contribution in [-0.4, -0.2) is 57.3 Å². The first-order chi connectivity index (χ1) is 17.8. The summed E-state index contributed by atoms with van der Waals surface area (Å²) < 4.78 is 38.5. The summed E-state index contributed by atoms with van der Waals surface area (Å²) in [6, 6.07) is 11.9. The van der Waals surface area contributed by atoms with Crippen LogP contribution in [0.5, 0.6) is 5.75 Å². The number of hydrogen-bond acceptors (Lipinski definition) is 7. The largest absolute Gasteiger partial charge is 0.434 e. The fourth-order valence-corrected chi connectivity index (χ4v) is 5.67. The first kappa shape index (κ1) is 22.3. The number of ether oxygens (including phenoxy) is 2. The lowest BCUT2D eigenvalue weighted by Gasteiger charge is -2.37. The number of benzene rings is 1. The number of imidazole rings is 1. The van der Waals surface area contributed by atoms with Gasteiger partial charge >= 0.3 is 6.61 Å². The van der Waals surface area contributed by atoms with E-state index in [1.165, 1.54) is 6.07 Å². The Labute approximate surface area is 209 Å². The number of rotatable bonds is 4. The second kappa shape index (κ2) is 7.77. The first-order valence-corrected chi connectivity index (χ1v) is 11.9. The maximum absolute atomic E-state index is 13.3. The predicted octanol–water partition coefficient (Wildman–Crippen LogP) is 3.24. The summed E-state index contributed by atoms with van der Waals surface area (Å²) in [6.45, 7) is -2.15. The molecule has 37 heavy (non-hydrogen) atoms. The van der Waals surface area contributed by atoms with Gasteiger partial charge in [0.25, 0.3) is 5.91 Å². The highest BCUT2D eigenvalue weighted by Crippen LogP contribution is 2.52. The van der Waals surface area contributed by atoms with E-state index in [4.69, 9.17) is 25.3 Å².